The summed E-state index contributed by atoms with van der Waals surface area (Å²) in [5, 5.41) is 8.90. The molecule has 0 amide bonds. The highest BCUT2D eigenvalue weighted by molar-refractivity contribution is 7.15. The first-order chi connectivity index (χ1) is 7.74. The largest absolute Gasteiger partial charge is 0.192 e. The maximum absolute atomic E-state index is 8.90. The highest BCUT2D eigenvalue weighted by Crippen LogP contribution is 2.31. The van der Waals surface area contributed by atoms with Crippen molar-refractivity contribution in [2.45, 2.75) is 20.3 Å². The number of rotatable bonds is 2. The summed E-state index contributed by atoms with van der Waals surface area (Å²) in [6, 6.07) is 12.4. The Morgan fingerprint density at radius 2 is 2.06 bits per heavy atom. The number of hydrogen-bond acceptors (Lipinski definition) is 2. The molecule has 0 aliphatic rings. The molecule has 0 radical (unpaired) electrons. The van der Waals surface area contributed by atoms with Crippen LogP contribution in [0.4, 0.5) is 0 Å². The van der Waals surface area contributed by atoms with E-state index in [2.05, 4.69) is 32.0 Å². The van der Waals surface area contributed by atoms with Gasteiger partial charge in [0, 0.05) is 9.75 Å². The van der Waals surface area contributed by atoms with E-state index in [9.17, 15) is 0 Å². The Morgan fingerprint density at radius 1 is 1.25 bits per heavy atom. The molecule has 80 valence electrons. The predicted molar refractivity (Wildman–Crippen MR) is 68.6 cm³/mol. The molecule has 0 aliphatic carbocycles. The Hall–Kier alpha value is -1.59. The molecule has 1 aromatic heterocycles. The number of hydrogen-bond donors (Lipinski definition) is 0. The lowest BCUT2D eigenvalue weighted by molar-refractivity contribution is 1.19. The van der Waals surface area contributed by atoms with Crippen LogP contribution in [-0.2, 0) is 6.42 Å². The lowest BCUT2D eigenvalue weighted by Crippen LogP contribution is -1.82. The lowest BCUT2D eigenvalue weighted by atomic mass is 10.0. The molecule has 0 atom stereocenters. The van der Waals surface area contributed by atoms with E-state index in [1.54, 1.807) is 0 Å². The first-order valence-corrected chi connectivity index (χ1v) is 6.16. The summed E-state index contributed by atoms with van der Waals surface area (Å²) >= 11 is 1.81. The van der Waals surface area contributed by atoms with Gasteiger partial charge in [0.25, 0.3) is 0 Å². The van der Waals surface area contributed by atoms with Gasteiger partial charge in [-0.15, -0.1) is 11.3 Å². The standard InChI is InChI=1S/C14H13NS/c1-3-12-6-7-14(16-12)13-8-11(9-15)5-4-10(13)2/h4-8H,3H2,1-2H3. The topological polar surface area (TPSA) is 23.8 Å². The Morgan fingerprint density at radius 3 is 2.69 bits per heavy atom. The van der Waals surface area contributed by atoms with E-state index < -0.39 is 0 Å². The SMILES string of the molecule is CCc1ccc(-c2cc(C#N)ccc2C)s1. The summed E-state index contributed by atoms with van der Waals surface area (Å²) in [7, 11) is 0. The third kappa shape index (κ3) is 2.00. The van der Waals surface area contributed by atoms with E-state index in [1.165, 1.54) is 20.9 Å². The highest BCUT2D eigenvalue weighted by Gasteiger charge is 2.06. The van der Waals surface area contributed by atoms with Crippen molar-refractivity contribution < 1.29 is 0 Å². The van der Waals surface area contributed by atoms with Crippen LogP contribution in [0.5, 0.6) is 0 Å². The second kappa shape index (κ2) is 4.51. The van der Waals surface area contributed by atoms with Gasteiger partial charge in [0.2, 0.25) is 0 Å². The summed E-state index contributed by atoms with van der Waals surface area (Å²) in [5.41, 5.74) is 3.14. The van der Waals surface area contributed by atoms with E-state index in [1.807, 2.05) is 29.5 Å². The van der Waals surface area contributed by atoms with Crippen molar-refractivity contribution in [1.29, 1.82) is 5.26 Å². The summed E-state index contributed by atoms with van der Waals surface area (Å²) in [5.74, 6) is 0. The Labute approximate surface area is 100.0 Å². The van der Waals surface area contributed by atoms with Crippen molar-refractivity contribution in [3.05, 3.63) is 46.3 Å². The van der Waals surface area contributed by atoms with E-state index in [0.29, 0.717) is 0 Å². The molecule has 0 fully saturated rings. The molecule has 0 unspecified atom stereocenters. The van der Waals surface area contributed by atoms with Crippen molar-refractivity contribution in [1.82, 2.24) is 0 Å². The number of nitriles is 1. The van der Waals surface area contributed by atoms with Gasteiger partial charge in [0.05, 0.1) is 11.6 Å². The average molecular weight is 227 g/mol. The first kappa shape index (κ1) is 10.9. The van der Waals surface area contributed by atoms with Gasteiger partial charge in [0.15, 0.2) is 0 Å². The first-order valence-electron chi connectivity index (χ1n) is 5.34. The van der Waals surface area contributed by atoms with Gasteiger partial charge in [-0.1, -0.05) is 13.0 Å². The molecule has 1 nitrogen and oxygen atoms in total. The van der Waals surface area contributed by atoms with Crippen molar-refractivity contribution in [3.63, 3.8) is 0 Å². The molecule has 0 N–H and O–H groups in total. The van der Waals surface area contributed by atoms with Gasteiger partial charge in [-0.25, -0.2) is 0 Å². The van der Waals surface area contributed by atoms with Gasteiger partial charge in [-0.3, -0.25) is 0 Å². The van der Waals surface area contributed by atoms with Crippen molar-refractivity contribution in [2.24, 2.45) is 0 Å². The monoisotopic (exact) mass is 227 g/mol. The molecule has 1 aromatic carbocycles. The maximum atomic E-state index is 8.90. The van der Waals surface area contributed by atoms with Gasteiger partial charge in [-0.2, -0.15) is 5.26 Å². The zero-order valence-electron chi connectivity index (χ0n) is 9.45. The van der Waals surface area contributed by atoms with E-state index >= 15 is 0 Å². The van der Waals surface area contributed by atoms with Crippen molar-refractivity contribution in [2.75, 3.05) is 0 Å². The smallest absolute Gasteiger partial charge is 0.0991 e. The number of aryl methyl sites for hydroxylation is 2. The Bertz CT molecular complexity index is 546. The molecule has 0 saturated carbocycles. The summed E-state index contributed by atoms with van der Waals surface area (Å²) < 4.78 is 0. The van der Waals surface area contributed by atoms with Crippen LogP contribution in [0.1, 0.15) is 22.9 Å². The Balaban J connectivity index is 2.50. The molecule has 0 aliphatic heterocycles. The molecule has 0 bridgehead atoms. The number of benzene rings is 1. The molecule has 2 aromatic rings. The van der Waals surface area contributed by atoms with Gasteiger partial charge < -0.3 is 0 Å². The van der Waals surface area contributed by atoms with Crippen LogP contribution >= 0.6 is 11.3 Å². The van der Waals surface area contributed by atoms with Crippen LogP contribution in [-0.4, -0.2) is 0 Å². The minimum Gasteiger partial charge on any atom is -0.192 e. The summed E-state index contributed by atoms with van der Waals surface area (Å²) in [4.78, 5) is 2.64. The van der Waals surface area contributed by atoms with Crippen LogP contribution in [0.25, 0.3) is 10.4 Å². The lowest BCUT2D eigenvalue weighted by Gasteiger charge is -2.03. The van der Waals surface area contributed by atoms with Crippen LogP contribution in [0.3, 0.4) is 0 Å². The minimum absolute atomic E-state index is 0.729. The average Bonchev–Trinajstić information content (AvgIpc) is 2.78. The van der Waals surface area contributed by atoms with Crippen LogP contribution < -0.4 is 0 Å². The fraction of sp³-hybridized carbons (Fsp3) is 0.214. The number of nitrogens with zero attached hydrogens (tertiary/aromatic N) is 1. The molecule has 2 heteroatoms. The van der Waals surface area contributed by atoms with Gasteiger partial charge in [0.1, 0.15) is 0 Å². The van der Waals surface area contributed by atoms with Crippen LogP contribution in [0, 0.1) is 18.3 Å². The van der Waals surface area contributed by atoms with Crippen molar-refractivity contribution >= 4 is 11.3 Å². The quantitative estimate of drug-likeness (QED) is 0.755. The third-order valence-corrected chi connectivity index (χ3v) is 3.91. The fourth-order valence-corrected chi connectivity index (χ4v) is 2.70. The molecular formula is C14H13NS. The second-order valence-corrected chi connectivity index (χ2v) is 4.93. The third-order valence-electron chi connectivity index (χ3n) is 2.64. The van der Waals surface area contributed by atoms with Crippen molar-refractivity contribution in [3.8, 4) is 16.5 Å². The summed E-state index contributed by atoms with van der Waals surface area (Å²) in [6.45, 7) is 4.25. The minimum atomic E-state index is 0.729. The zero-order valence-corrected chi connectivity index (χ0v) is 10.3. The van der Waals surface area contributed by atoms with Gasteiger partial charge >= 0.3 is 0 Å². The second-order valence-electron chi connectivity index (χ2n) is 3.76. The molecule has 1 heterocycles. The van der Waals surface area contributed by atoms with E-state index in [-0.39, 0.29) is 0 Å². The normalized spacial score (nSPS) is 10.1. The number of thiophene rings is 1. The zero-order chi connectivity index (χ0) is 11.5. The van der Waals surface area contributed by atoms with Crippen LogP contribution in [0.2, 0.25) is 0 Å². The summed E-state index contributed by atoms with van der Waals surface area (Å²) in [6.07, 6.45) is 1.07. The highest BCUT2D eigenvalue weighted by atomic mass is 32.1. The fourth-order valence-electron chi connectivity index (χ4n) is 1.67. The van der Waals surface area contributed by atoms with E-state index in [0.717, 1.165) is 12.0 Å². The predicted octanol–water partition coefficient (Wildman–Crippen LogP) is 4.16. The molecular weight excluding hydrogens is 214 g/mol. The molecule has 0 saturated heterocycles. The van der Waals surface area contributed by atoms with Gasteiger partial charge in [-0.05, 0) is 48.7 Å². The van der Waals surface area contributed by atoms with E-state index in [4.69, 9.17) is 5.26 Å². The Kier molecular flexibility index (Phi) is 3.07. The molecule has 16 heavy (non-hydrogen) atoms. The molecule has 2 rings (SSSR count). The van der Waals surface area contributed by atoms with Crippen LogP contribution in [0.15, 0.2) is 30.3 Å². The molecule has 0 spiro atoms. The maximum Gasteiger partial charge on any atom is 0.0991 e.